The number of carbonyl (C=O) groups excluding carboxylic acids is 1. The van der Waals surface area contributed by atoms with Crippen molar-refractivity contribution in [3.63, 3.8) is 0 Å². The number of halogens is 2. The van der Waals surface area contributed by atoms with Gasteiger partial charge >= 0.3 is 0 Å². The molecule has 0 spiro atoms. The molecule has 0 saturated heterocycles. The van der Waals surface area contributed by atoms with Crippen molar-refractivity contribution < 1.29 is 9.53 Å². The fraction of sp³-hybridized carbons (Fsp3) is 0.538. The Kier molecular flexibility index (Phi) is 11.6. The van der Waals surface area contributed by atoms with Crippen LogP contribution in [0.15, 0.2) is 17.1 Å². The molecule has 1 rings (SSSR count). The van der Waals surface area contributed by atoms with E-state index in [0.717, 1.165) is 9.21 Å². The molecule has 2 N–H and O–H groups in total. The van der Waals surface area contributed by atoms with Crippen molar-refractivity contribution in [3.8, 4) is 0 Å². The van der Waals surface area contributed by atoms with Crippen molar-refractivity contribution in [2.45, 2.75) is 6.54 Å². The molecule has 9 heteroatoms. The van der Waals surface area contributed by atoms with E-state index in [9.17, 15) is 4.79 Å². The van der Waals surface area contributed by atoms with Gasteiger partial charge in [-0.25, -0.2) is 0 Å². The fourth-order valence-corrected chi connectivity index (χ4v) is 2.79. The van der Waals surface area contributed by atoms with E-state index in [4.69, 9.17) is 16.3 Å². The van der Waals surface area contributed by atoms with Crippen LogP contribution in [0.3, 0.4) is 0 Å². The summed E-state index contributed by atoms with van der Waals surface area (Å²) in [4.78, 5) is 18.8. The summed E-state index contributed by atoms with van der Waals surface area (Å²) in [6, 6.07) is 3.85. The highest BCUT2D eigenvalue weighted by atomic mass is 127. The first-order chi connectivity index (χ1) is 10.1. The maximum absolute atomic E-state index is 11.6. The minimum absolute atomic E-state index is 0. The Morgan fingerprint density at radius 1 is 1.45 bits per heavy atom. The van der Waals surface area contributed by atoms with Gasteiger partial charge in [0.2, 0.25) is 5.91 Å². The van der Waals surface area contributed by atoms with Crippen molar-refractivity contribution in [2.24, 2.45) is 4.99 Å². The molecule has 0 aliphatic rings. The summed E-state index contributed by atoms with van der Waals surface area (Å²) in [6.07, 6.45) is 0. The second kappa shape index (κ2) is 11.9. The van der Waals surface area contributed by atoms with Gasteiger partial charge in [0.05, 0.1) is 24.0 Å². The van der Waals surface area contributed by atoms with E-state index in [0.29, 0.717) is 25.7 Å². The molecule has 0 radical (unpaired) electrons. The lowest BCUT2D eigenvalue weighted by atomic mass is 10.4. The molecule has 6 nitrogen and oxygen atoms in total. The standard InChI is InChI=1S/C13H21ClN4O2S.HI/c1-15-13(17-8-12(19)16-6-7-20-3)18(2)9-10-4-5-11(14)21-10;/h4-5H,6-9H2,1-3H3,(H,15,17)(H,16,19);1H. The first-order valence-electron chi connectivity index (χ1n) is 6.48. The third kappa shape index (κ3) is 8.16. The monoisotopic (exact) mass is 460 g/mol. The summed E-state index contributed by atoms with van der Waals surface area (Å²) in [5.74, 6) is 0.558. The van der Waals surface area contributed by atoms with Gasteiger partial charge in [0, 0.05) is 32.6 Å². The Hall–Kier alpha value is -0.580. The zero-order valence-electron chi connectivity index (χ0n) is 12.9. The first-order valence-corrected chi connectivity index (χ1v) is 7.68. The lowest BCUT2D eigenvalue weighted by Crippen LogP contribution is -2.44. The molecule has 0 unspecified atom stereocenters. The molecule has 1 aromatic heterocycles. The molecule has 1 aromatic rings. The molecular weight excluding hydrogens is 439 g/mol. The van der Waals surface area contributed by atoms with Gasteiger partial charge in [-0.1, -0.05) is 11.6 Å². The number of rotatable bonds is 7. The predicted molar refractivity (Wildman–Crippen MR) is 102 cm³/mol. The molecule has 0 aliphatic heterocycles. The number of thiophene rings is 1. The van der Waals surface area contributed by atoms with Crippen molar-refractivity contribution >= 4 is 58.8 Å². The highest BCUT2D eigenvalue weighted by molar-refractivity contribution is 14.0. The number of aliphatic imine (C=N–C) groups is 1. The second-order valence-electron chi connectivity index (χ2n) is 4.31. The van der Waals surface area contributed by atoms with Crippen LogP contribution in [-0.2, 0) is 16.1 Å². The van der Waals surface area contributed by atoms with Crippen LogP contribution >= 0.6 is 46.9 Å². The molecule has 0 saturated carbocycles. The normalized spacial score (nSPS) is 10.8. The lowest BCUT2D eigenvalue weighted by molar-refractivity contribution is -0.120. The highest BCUT2D eigenvalue weighted by Crippen LogP contribution is 2.22. The second-order valence-corrected chi connectivity index (χ2v) is 6.11. The Morgan fingerprint density at radius 3 is 2.73 bits per heavy atom. The van der Waals surface area contributed by atoms with Gasteiger partial charge in [0.25, 0.3) is 0 Å². The molecule has 1 amide bonds. The summed E-state index contributed by atoms with van der Waals surface area (Å²) in [5, 5.41) is 5.76. The molecular formula is C13H22ClIN4O2S. The Balaban J connectivity index is 0.00000441. The minimum Gasteiger partial charge on any atom is -0.383 e. The van der Waals surface area contributed by atoms with Crippen LogP contribution in [-0.4, -0.2) is 57.7 Å². The average molecular weight is 461 g/mol. The van der Waals surface area contributed by atoms with Crippen molar-refractivity contribution in [1.29, 1.82) is 0 Å². The Morgan fingerprint density at radius 2 is 2.18 bits per heavy atom. The zero-order valence-corrected chi connectivity index (χ0v) is 16.8. The van der Waals surface area contributed by atoms with E-state index in [1.807, 2.05) is 24.1 Å². The zero-order chi connectivity index (χ0) is 15.7. The molecule has 126 valence electrons. The quantitative estimate of drug-likeness (QED) is 0.282. The SMILES string of the molecule is CN=C(NCC(=O)NCCOC)N(C)Cc1ccc(Cl)s1.I. The third-order valence-corrected chi connectivity index (χ3v) is 3.85. The van der Waals surface area contributed by atoms with E-state index in [1.54, 1.807) is 14.2 Å². The number of nitrogens with zero attached hydrogens (tertiary/aromatic N) is 2. The number of hydrogen-bond donors (Lipinski definition) is 2. The third-order valence-electron chi connectivity index (χ3n) is 2.63. The van der Waals surface area contributed by atoms with Crippen LogP contribution in [0.25, 0.3) is 0 Å². The summed E-state index contributed by atoms with van der Waals surface area (Å²) in [7, 11) is 5.19. The number of nitrogens with one attached hydrogen (secondary N) is 2. The molecule has 0 aliphatic carbocycles. The number of ether oxygens (including phenoxy) is 1. The Bertz CT molecular complexity index is 484. The van der Waals surface area contributed by atoms with Crippen LogP contribution in [0.2, 0.25) is 4.34 Å². The fourth-order valence-electron chi connectivity index (χ4n) is 1.64. The largest absolute Gasteiger partial charge is 0.383 e. The van der Waals surface area contributed by atoms with E-state index in [-0.39, 0.29) is 36.4 Å². The minimum atomic E-state index is -0.0965. The summed E-state index contributed by atoms with van der Waals surface area (Å²) < 4.78 is 5.63. The van der Waals surface area contributed by atoms with Crippen molar-refractivity contribution in [1.82, 2.24) is 15.5 Å². The maximum atomic E-state index is 11.6. The van der Waals surface area contributed by atoms with E-state index in [1.165, 1.54) is 11.3 Å². The van der Waals surface area contributed by atoms with Crippen LogP contribution in [0.1, 0.15) is 4.88 Å². The molecule has 0 atom stereocenters. The van der Waals surface area contributed by atoms with Crippen LogP contribution in [0.4, 0.5) is 0 Å². The van der Waals surface area contributed by atoms with Gasteiger partial charge in [-0.15, -0.1) is 35.3 Å². The van der Waals surface area contributed by atoms with Gasteiger partial charge in [0.15, 0.2) is 5.96 Å². The average Bonchev–Trinajstić information content (AvgIpc) is 2.85. The van der Waals surface area contributed by atoms with Crippen molar-refractivity contribution in [3.05, 3.63) is 21.3 Å². The molecule has 0 aromatic carbocycles. The van der Waals surface area contributed by atoms with Crippen molar-refractivity contribution in [2.75, 3.05) is 40.9 Å². The van der Waals surface area contributed by atoms with Crippen LogP contribution in [0, 0.1) is 0 Å². The van der Waals surface area contributed by atoms with Gasteiger partial charge in [-0.05, 0) is 12.1 Å². The summed E-state index contributed by atoms with van der Waals surface area (Å²) >= 11 is 7.44. The maximum Gasteiger partial charge on any atom is 0.239 e. The molecule has 0 bridgehead atoms. The van der Waals surface area contributed by atoms with Gasteiger partial charge < -0.3 is 20.3 Å². The van der Waals surface area contributed by atoms with Gasteiger partial charge in [-0.2, -0.15) is 0 Å². The molecule has 1 heterocycles. The Labute approximate surface area is 157 Å². The van der Waals surface area contributed by atoms with E-state index < -0.39 is 0 Å². The van der Waals surface area contributed by atoms with E-state index >= 15 is 0 Å². The lowest BCUT2D eigenvalue weighted by Gasteiger charge is -2.21. The highest BCUT2D eigenvalue weighted by Gasteiger charge is 2.09. The van der Waals surface area contributed by atoms with Gasteiger partial charge in [-0.3, -0.25) is 9.79 Å². The molecule has 22 heavy (non-hydrogen) atoms. The summed E-state index contributed by atoms with van der Waals surface area (Å²) in [6.45, 7) is 1.85. The van der Waals surface area contributed by atoms with Gasteiger partial charge in [0.1, 0.15) is 0 Å². The van der Waals surface area contributed by atoms with Crippen LogP contribution in [0.5, 0.6) is 0 Å². The number of guanidine groups is 1. The van der Waals surface area contributed by atoms with Crippen LogP contribution < -0.4 is 10.6 Å². The number of hydrogen-bond acceptors (Lipinski definition) is 4. The topological polar surface area (TPSA) is 66.0 Å². The number of carbonyl (C=O) groups is 1. The first kappa shape index (κ1) is 21.4. The number of amides is 1. The van der Waals surface area contributed by atoms with E-state index in [2.05, 4.69) is 15.6 Å². The summed E-state index contributed by atoms with van der Waals surface area (Å²) in [5.41, 5.74) is 0. The number of methoxy groups -OCH3 is 1. The smallest absolute Gasteiger partial charge is 0.239 e. The predicted octanol–water partition coefficient (Wildman–Crippen LogP) is 1.79. The molecule has 0 fully saturated rings.